The molecule has 0 radical (unpaired) electrons. The molecule has 1 heterocycles. The Labute approximate surface area is 184 Å². The lowest BCUT2D eigenvalue weighted by Crippen LogP contribution is -2.65. The molecule has 1 unspecified atom stereocenters. The highest BCUT2D eigenvalue weighted by Crippen LogP contribution is 2.70. The Bertz CT molecular complexity index is 821. The number of aliphatic hydroxyl groups excluding tert-OH is 1. The van der Waals surface area contributed by atoms with Crippen LogP contribution in [0.1, 0.15) is 72.1 Å². The van der Waals surface area contributed by atoms with Crippen molar-refractivity contribution in [2.75, 3.05) is 6.61 Å². The van der Waals surface area contributed by atoms with Gasteiger partial charge in [-0.1, -0.05) is 13.8 Å². The molecule has 4 fully saturated rings. The van der Waals surface area contributed by atoms with Crippen LogP contribution in [0.5, 0.6) is 0 Å². The van der Waals surface area contributed by atoms with Crippen LogP contribution in [0.3, 0.4) is 0 Å². The van der Waals surface area contributed by atoms with Gasteiger partial charge in [-0.05, 0) is 74.2 Å². The lowest BCUT2D eigenvalue weighted by atomic mass is 9.42. The third-order valence-corrected chi connectivity index (χ3v) is 10.3. The first-order valence-electron chi connectivity index (χ1n) is 12.0. The zero-order valence-electron chi connectivity index (χ0n) is 18.9. The van der Waals surface area contributed by atoms with E-state index in [1.807, 2.05) is 0 Å². The second kappa shape index (κ2) is 7.05. The van der Waals surface area contributed by atoms with Gasteiger partial charge in [0.1, 0.15) is 12.7 Å². The third-order valence-electron chi connectivity index (χ3n) is 10.3. The number of aliphatic hydroxyl groups is 2. The van der Waals surface area contributed by atoms with Gasteiger partial charge in [-0.2, -0.15) is 0 Å². The Morgan fingerprint density at radius 2 is 1.90 bits per heavy atom. The number of hydrogen-bond acceptors (Lipinski definition) is 6. The van der Waals surface area contributed by atoms with Crippen LogP contribution in [0.25, 0.3) is 0 Å². The summed E-state index contributed by atoms with van der Waals surface area (Å²) in [4.78, 5) is 23.6. The van der Waals surface area contributed by atoms with Crippen molar-refractivity contribution in [3.8, 4) is 0 Å². The molecule has 0 spiro atoms. The van der Waals surface area contributed by atoms with Crippen molar-refractivity contribution in [3.05, 3.63) is 11.6 Å². The van der Waals surface area contributed by atoms with Gasteiger partial charge < -0.3 is 19.7 Å². The largest absolute Gasteiger partial charge is 0.462 e. The SMILES string of the molecule is CC(=O)OC1C[C@@H](O)C[C@H]2CC[C@@H]3[C@H](CC[C@]4(C)[C@@H](C5=CC(=O)OC5)CC[C@]34O)[C@@]12C. The van der Waals surface area contributed by atoms with Crippen molar-refractivity contribution in [2.45, 2.75) is 89.9 Å². The Kier molecular flexibility index (Phi) is 4.88. The maximum atomic E-state index is 12.3. The minimum Gasteiger partial charge on any atom is -0.462 e. The topological polar surface area (TPSA) is 93.1 Å². The number of hydrogen-bond donors (Lipinski definition) is 2. The molecule has 0 bridgehead atoms. The molecule has 2 N–H and O–H groups in total. The minimum absolute atomic E-state index is 0.143. The summed E-state index contributed by atoms with van der Waals surface area (Å²) >= 11 is 0. The van der Waals surface area contributed by atoms with Crippen LogP contribution in [0, 0.1) is 34.5 Å². The van der Waals surface area contributed by atoms with Gasteiger partial charge >= 0.3 is 11.9 Å². The maximum Gasteiger partial charge on any atom is 0.331 e. The Morgan fingerprint density at radius 1 is 1.13 bits per heavy atom. The van der Waals surface area contributed by atoms with Crippen LogP contribution in [-0.4, -0.2) is 46.6 Å². The summed E-state index contributed by atoms with van der Waals surface area (Å²) in [6, 6.07) is 0. The Morgan fingerprint density at radius 3 is 2.58 bits per heavy atom. The minimum atomic E-state index is -0.794. The predicted molar refractivity (Wildman–Crippen MR) is 113 cm³/mol. The maximum absolute atomic E-state index is 12.3. The van der Waals surface area contributed by atoms with Crippen molar-refractivity contribution >= 4 is 11.9 Å². The summed E-state index contributed by atoms with van der Waals surface area (Å²) in [7, 11) is 0. The summed E-state index contributed by atoms with van der Waals surface area (Å²) < 4.78 is 11.0. The third kappa shape index (κ3) is 2.90. The molecule has 0 aromatic rings. The van der Waals surface area contributed by atoms with Gasteiger partial charge in [-0.25, -0.2) is 4.79 Å². The van der Waals surface area contributed by atoms with Gasteiger partial charge in [0.05, 0.1) is 11.7 Å². The number of carbonyl (C=O) groups excluding carboxylic acids is 2. The molecule has 0 aromatic carbocycles. The highest BCUT2D eigenvalue weighted by Gasteiger charge is 2.69. The van der Waals surface area contributed by atoms with E-state index in [-0.39, 0.29) is 46.6 Å². The lowest BCUT2D eigenvalue weighted by Gasteiger charge is -2.64. The molecular formula is C25H36O6. The number of fused-ring (bicyclic) bond motifs is 5. The van der Waals surface area contributed by atoms with E-state index in [2.05, 4.69) is 13.8 Å². The smallest absolute Gasteiger partial charge is 0.331 e. The first-order chi connectivity index (χ1) is 14.6. The standard InChI is InChI=1S/C25H36O6/c1-14(26)31-21-12-17(27)11-16-4-5-20-19(24(16,21)3)6-8-23(2)18(7-9-25(20,23)29)15-10-22(28)30-13-15/h10,16-21,27,29H,4-9,11-13H2,1-3H3/t16-,17+,18-,19+,20-,21?,23-,24+,25+/m1/s1. The Balaban J connectivity index is 1.49. The molecule has 172 valence electrons. The molecule has 4 saturated carbocycles. The van der Waals surface area contributed by atoms with Crippen LogP contribution in [0.4, 0.5) is 0 Å². The summed E-state index contributed by atoms with van der Waals surface area (Å²) in [5.74, 6) is 0.322. The van der Waals surface area contributed by atoms with Crippen LogP contribution >= 0.6 is 0 Å². The average molecular weight is 433 g/mol. The molecule has 6 nitrogen and oxygen atoms in total. The predicted octanol–water partition coefficient (Wildman–Crippen LogP) is 3.15. The fourth-order valence-corrected chi connectivity index (χ4v) is 8.80. The van der Waals surface area contributed by atoms with Crippen molar-refractivity contribution in [2.24, 2.45) is 34.5 Å². The molecule has 0 aromatic heterocycles. The summed E-state index contributed by atoms with van der Waals surface area (Å²) in [6.07, 6.45) is 7.51. The molecule has 4 aliphatic carbocycles. The number of carbonyl (C=O) groups is 2. The van der Waals surface area contributed by atoms with Crippen LogP contribution in [-0.2, 0) is 19.1 Å². The van der Waals surface area contributed by atoms with Crippen molar-refractivity contribution < 1.29 is 29.3 Å². The van der Waals surface area contributed by atoms with Gasteiger partial charge in [-0.15, -0.1) is 0 Å². The number of cyclic esters (lactones) is 1. The first-order valence-corrected chi connectivity index (χ1v) is 12.0. The first kappa shape index (κ1) is 21.4. The second-order valence-corrected chi connectivity index (χ2v) is 11.4. The lowest BCUT2D eigenvalue weighted by molar-refractivity contribution is -0.236. The molecule has 31 heavy (non-hydrogen) atoms. The molecule has 0 saturated heterocycles. The van der Waals surface area contributed by atoms with E-state index in [1.165, 1.54) is 6.92 Å². The fraction of sp³-hybridized carbons (Fsp3) is 0.840. The zero-order chi connectivity index (χ0) is 22.2. The van der Waals surface area contributed by atoms with Gasteiger partial charge in [-0.3, -0.25) is 4.79 Å². The van der Waals surface area contributed by atoms with E-state index in [4.69, 9.17) is 9.47 Å². The second-order valence-electron chi connectivity index (χ2n) is 11.4. The molecule has 9 atom stereocenters. The Hall–Kier alpha value is -1.40. The molecular weight excluding hydrogens is 396 g/mol. The van der Waals surface area contributed by atoms with Crippen molar-refractivity contribution in [1.82, 2.24) is 0 Å². The monoisotopic (exact) mass is 432 g/mol. The molecule has 1 aliphatic heterocycles. The quantitative estimate of drug-likeness (QED) is 0.651. The number of rotatable bonds is 2. The van der Waals surface area contributed by atoms with E-state index < -0.39 is 11.7 Å². The molecule has 5 aliphatic rings. The summed E-state index contributed by atoms with van der Waals surface area (Å²) in [5, 5.41) is 22.8. The highest BCUT2D eigenvalue weighted by molar-refractivity contribution is 5.85. The normalized spacial score (nSPS) is 51.3. The molecule has 6 heteroatoms. The average Bonchev–Trinajstić information content (AvgIpc) is 3.23. The van der Waals surface area contributed by atoms with Crippen LogP contribution in [0.2, 0.25) is 0 Å². The van der Waals surface area contributed by atoms with Crippen molar-refractivity contribution in [1.29, 1.82) is 0 Å². The summed E-state index contributed by atoms with van der Waals surface area (Å²) in [5.41, 5.74) is -0.255. The number of ether oxygens (including phenoxy) is 2. The highest BCUT2D eigenvalue weighted by atomic mass is 16.5. The van der Waals surface area contributed by atoms with Crippen LogP contribution < -0.4 is 0 Å². The van der Waals surface area contributed by atoms with E-state index in [0.29, 0.717) is 18.9 Å². The van der Waals surface area contributed by atoms with Gasteiger partial charge in [0, 0.05) is 30.3 Å². The van der Waals surface area contributed by atoms with Crippen LogP contribution in [0.15, 0.2) is 11.6 Å². The zero-order valence-corrected chi connectivity index (χ0v) is 18.9. The van der Waals surface area contributed by atoms with E-state index in [1.54, 1.807) is 6.08 Å². The van der Waals surface area contributed by atoms with E-state index in [0.717, 1.165) is 50.5 Å². The number of esters is 2. The van der Waals surface area contributed by atoms with Gasteiger partial charge in [0.25, 0.3) is 0 Å². The summed E-state index contributed by atoms with van der Waals surface area (Å²) in [6.45, 7) is 6.27. The van der Waals surface area contributed by atoms with Gasteiger partial charge in [0.2, 0.25) is 0 Å². The fourth-order valence-electron chi connectivity index (χ4n) is 8.80. The van der Waals surface area contributed by atoms with Crippen molar-refractivity contribution in [3.63, 3.8) is 0 Å². The van der Waals surface area contributed by atoms with E-state index in [9.17, 15) is 19.8 Å². The van der Waals surface area contributed by atoms with E-state index >= 15 is 0 Å². The molecule has 0 amide bonds. The molecule has 5 rings (SSSR count). The van der Waals surface area contributed by atoms with Gasteiger partial charge in [0.15, 0.2) is 0 Å².